The van der Waals surface area contributed by atoms with E-state index in [1.54, 1.807) is 23.5 Å². The number of carbonyl (C=O) groups excluding carboxylic acids is 1. The van der Waals surface area contributed by atoms with E-state index in [1.807, 2.05) is 0 Å². The SMILES string of the molecule is CC(C)(C)C1CCc2c(sc3c2C(=O)NC(c2ccc(F)cc2)N3)C1. The van der Waals surface area contributed by atoms with Gasteiger partial charge in [0.2, 0.25) is 0 Å². The lowest BCUT2D eigenvalue weighted by atomic mass is 9.72. The quantitative estimate of drug-likeness (QED) is 0.762. The van der Waals surface area contributed by atoms with Crippen LogP contribution in [0.5, 0.6) is 0 Å². The summed E-state index contributed by atoms with van der Waals surface area (Å²) in [6, 6.07) is 6.26. The zero-order valence-electron chi connectivity index (χ0n) is 14.8. The normalized spacial score (nSPS) is 22.6. The van der Waals surface area contributed by atoms with Crippen molar-refractivity contribution in [2.24, 2.45) is 11.3 Å². The molecule has 0 saturated heterocycles. The highest BCUT2D eigenvalue weighted by Crippen LogP contribution is 2.45. The largest absolute Gasteiger partial charge is 0.353 e. The molecule has 2 heterocycles. The molecule has 0 saturated carbocycles. The molecule has 3 nitrogen and oxygen atoms in total. The van der Waals surface area contributed by atoms with Gasteiger partial charge in [-0.15, -0.1) is 11.3 Å². The van der Waals surface area contributed by atoms with Gasteiger partial charge in [-0.1, -0.05) is 32.9 Å². The monoisotopic (exact) mass is 358 g/mol. The van der Waals surface area contributed by atoms with Gasteiger partial charge in [-0.05, 0) is 53.9 Å². The molecular formula is C20H23FN2OS. The van der Waals surface area contributed by atoms with E-state index >= 15 is 0 Å². The molecule has 1 aromatic carbocycles. The predicted molar refractivity (Wildman–Crippen MR) is 99.5 cm³/mol. The van der Waals surface area contributed by atoms with Gasteiger partial charge in [0.25, 0.3) is 5.91 Å². The first kappa shape index (κ1) is 16.6. The minimum atomic E-state index is -0.306. The molecule has 132 valence electrons. The number of hydrogen-bond acceptors (Lipinski definition) is 3. The van der Waals surface area contributed by atoms with Crippen LogP contribution in [0.3, 0.4) is 0 Å². The molecule has 2 aliphatic rings. The second-order valence-electron chi connectivity index (χ2n) is 8.12. The maximum absolute atomic E-state index is 13.2. The van der Waals surface area contributed by atoms with E-state index in [0.29, 0.717) is 5.92 Å². The van der Waals surface area contributed by atoms with E-state index in [2.05, 4.69) is 31.4 Å². The zero-order valence-corrected chi connectivity index (χ0v) is 15.6. The second-order valence-corrected chi connectivity index (χ2v) is 9.22. The summed E-state index contributed by atoms with van der Waals surface area (Å²) in [5.41, 5.74) is 3.20. The Labute approximate surface area is 151 Å². The third-order valence-electron chi connectivity index (χ3n) is 5.47. The zero-order chi connectivity index (χ0) is 17.8. The van der Waals surface area contributed by atoms with Crippen LogP contribution in [0, 0.1) is 17.2 Å². The molecule has 4 rings (SSSR count). The Hall–Kier alpha value is -1.88. The molecule has 25 heavy (non-hydrogen) atoms. The van der Waals surface area contributed by atoms with E-state index in [9.17, 15) is 9.18 Å². The fourth-order valence-electron chi connectivity index (χ4n) is 3.86. The van der Waals surface area contributed by atoms with Gasteiger partial charge in [0, 0.05) is 4.88 Å². The van der Waals surface area contributed by atoms with Crippen molar-refractivity contribution in [2.75, 3.05) is 5.32 Å². The Kier molecular flexibility index (Phi) is 3.87. The molecule has 0 bridgehead atoms. The van der Waals surface area contributed by atoms with Gasteiger partial charge < -0.3 is 10.6 Å². The van der Waals surface area contributed by atoms with E-state index in [-0.39, 0.29) is 23.3 Å². The summed E-state index contributed by atoms with van der Waals surface area (Å²) in [6.45, 7) is 6.89. The fourth-order valence-corrected chi connectivity index (χ4v) is 5.21. The number of amides is 1. The van der Waals surface area contributed by atoms with Gasteiger partial charge in [-0.3, -0.25) is 4.79 Å². The summed E-state index contributed by atoms with van der Waals surface area (Å²) in [5.74, 6) is 0.359. The number of halogens is 1. The number of nitrogens with one attached hydrogen (secondary N) is 2. The number of anilines is 1. The number of carbonyl (C=O) groups is 1. The molecule has 5 heteroatoms. The van der Waals surface area contributed by atoms with Gasteiger partial charge in [-0.2, -0.15) is 0 Å². The maximum atomic E-state index is 13.2. The van der Waals surface area contributed by atoms with Crippen LogP contribution in [-0.4, -0.2) is 5.91 Å². The molecule has 1 aromatic heterocycles. The molecule has 1 aliphatic heterocycles. The smallest absolute Gasteiger partial charge is 0.256 e. The van der Waals surface area contributed by atoms with E-state index < -0.39 is 0 Å². The van der Waals surface area contributed by atoms with Crippen molar-refractivity contribution in [3.8, 4) is 0 Å². The van der Waals surface area contributed by atoms with E-state index in [0.717, 1.165) is 35.4 Å². The molecule has 2 unspecified atom stereocenters. The summed E-state index contributed by atoms with van der Waals surface area (Å²) >= 11 is 1.72. The van der Waals surface area contributed by atoms with Crippen molar-refractivity contribution in [1.29, 1.82) is 0 Å². The third-order valence-corrected chi connectivity index (χ3v) is 6.66. The Morgan fingerprint density at radius 3 is 2.56 bits per heavy atom. The van der Waals surface area contributed by atoms with Crippen LogP contribution in [-0.2, 0) is 12.8 Å². The Bertz CT molecular complexity index is 819. The first-order valence-corrected chi connectivity index (χ1v) is 9.62. The summed E-state index contributed by atoms with van der Waals surface area (Å²) in [4.78, 5) is 14.1. The third kappa shape index (κ3) is 2.95. The van der Waals surface area contributed by atoms with Crippen molar-refractivity contribution >= 4 is 22.2 Å². The number of thiophene rings is 1. The lowest BCUT2D eigenvalue weighted by Crippen LogP contribution is -2.38. The van der Waals surface area contributed by atoms with Gasteiger partial charge in [0.05, 0.1) is 5.56 Å². The van der Waals surface area contributed by atoms with Crippen molar-refractivity contribution in [3.63, 3.8) is 0 Å². The van der Waals surface area contributed by atoms with Crippen LogP contribution in [0.25, 0.3) is 0 Å². The lowest BCUT2D eigenvalue weighted by Gasteiger charge is -2.34. The molecule has 2 atom stereocenters. The van der Waals surface area contributed by atoms with E-state index in [1.165, 1.54) is 22.6 Å². The Morgan fingerprint density at radius 1 is 1.16 bits per heavy atom. The van der Waals surface area contributed by atoms with Gasteiger partial charge >= 0.3 is 0 Å². The number of benzene rings is 1. The minimum absolute atomic E-state index is 0.0187. The topological polar surface area (TPSA) is 41.1 Å². The Morgan fingerprint density at radius 2 is 1.88 bits per heavy atom. The van der Waals surface area contributed by atoms with Crippen LogP contribution in [0.2, 0.25) is 0 Å². The van der Waals surface area contributed by atoms with Crippen LogP contribution in [0.1, 0.15) is 59.7 Å². The molecular weight excluding hydrogens is 335 g/mol. The molecule has 0 spiro atoms. The van der Waals surface area contributed by atoms with Crippen LogP contribution in [0.15, 0.2) is 24.3 Å². The van der Waals surface area contributed by atoms with Crippen LogP contribution < -0.4 is 10.6 Å². The average molecular weight is 358 g/mol. The fraction of sp³-hybridized carbons (Fsp3) is 0.450. The molecule has 1 amide bonds. The highest BCUT2D eigenvalue weighted by atomic mass is 32.1. The van der Waals surface area contributed by atoms with Crippen molar-refractivity contribution in [2.45, 2.75) is 46.2 Å². The molecule has 0 radical (unpaired) electrons. The van der Waals surface area contributed by atoms with Crippen molar-refractivity contribution in [1.82, 2.24) is 5.32 Å². The summed E-state index contributed by atoms with van der Waals surface area (Å²) in [6.07, 6.45) is 2.85. The minimum Gasteiger partial charge on any atom is -0.353 e. The predicted octanol–water partition coefficient (Wildman–Crippen LogP) is 4.89. The number of fused-ring (bicyclic) bond motifs is 3. The molecule has 0 fully saturated rings. The standard InChI is InChI=1S/C20H23FN2OS/c1-20(2,3)12-6-9-14-15(10-12)25-19-16(14)18(24)22-17(23-19)11-4-7-13(21)8-5-11/h4-5,7-8,12,17,23H,6,9-10H2,1-3H3,(H,22,24). The average Bonchev–Trinajstić information content (AvgIpc) is 2.92. The first-order valence-electron chi connectivity index (χ1n) is 8.80. The van der Waals surface area contributed by atoms with E-state index in [4.69, 9.17) is 0 Å². The van der Waals surface area contributed by atoms with Crippen molar-refractivity contribution in [3.05, 3.63) is 51.7 Å². The number of rotatable bonds is 1. The van der Waals surface area contributed by atoms with Gasteiger partial charge in [-0.25, -0.2) is 4.39 Å². The summed E-state index contributed by atoms with van der Waals surface area (Å²) in [5, 5.41) is 7.41. The van der Waals surface area contributed by atoms with Crippen molar-refractivity contribution < 1.29 is 9.18 Å². The van der Waals surface area contributed by atoms with Gasteiger partial charge in [0.15, 0.2) is 0 Å². The maximum Gasteiger partial charge on any atom is 0.256 e. The van der Waals surface area contributed by atoms with Gasteiger partial charge in [0.1, 0.15) is 17.0 Å². The Balaban J connectivity index is 1.64. The van der Waals surface area contributed by atoms with Crippen LogP contribution in [0.4, 0.5) is 9.39 Å². The highest BCUT2D eigenvalue weighted by molar-refractivity contribution is 7.16. The lowest BCUT2D eigenvalue weighted by molar-refractivity contribution is 0.0935. The second kappa shape index (κ2) is 5.84. The molecule has 2 aromatic rings. The summed E-state index contributed by atoms with van der Waals surface area (Å²) < 4.78 is 13.2. The summed E-state index contributed by atoms with van der Waals surface area (Å²) in [7, 11) is 0. The molecule has 1 aliphatic carbocycles. The number of hydrogen-bond donors (Lipinski definition) is 2. The highest BCUT2D eigenvalue weighted by Gasteiger charge is 2.36. The first-order chi connectivity index (χ1) is 11.8. The van der Waals surface area contributed by atoms with Crippen LogP contribution >= 0.6 is 11.3 Å². The molecule has 2 N–H and O–H groups in total.